The molecule has 2 amide bonds. The molecule has 156 valence electrons. The maximum absolute atomic E-state index is 13.0. The number of carbonyl (C=O) groups is 2. The second-order valence-corrected chi connectivity index (χ2v) is 7.70. The van der Waals surface area contributed by atoms with Gasteiger partial charge in [0.2, 0.25) is 5.91 Å². The Kier molecular flexibility index (Phi) is 8.80. The van der Waals surface area contributed by atoms with Gasteiger partial charge in [0.05, 0.1) is 0 Å². The van der Waals surface area contributed by atoms with Crippen LogP contribution in [0.15, 0.2) is 48.5 Å². The first kappa shape index (κ1) is 23.0. The standard InChI is InChI=1S/C22H26Cl2N2O3/c1-4-15(2)25-22(28)16(3)26(13-17-10-11-18(23)12-20(17)24)21(27)14-29-19-8-6-5-7-9-19/h5-12,15-16H,4,13-14H2,1-3H3,(H,25,28)/t15-,16+/m0/s1. The van der Waals surface area contributed by atoms with E-state index in [0.717, 1.165) is 6.42 Å². The van der Waals surface area contributed by atoms with E-state index in [2.05, 4.69) is 5.32 Å². The number of ether oxygens (including phenoxy) is 1. The number of rotatable bonds is 9. The molecule has 1 N–H and O–H groups in total. The summed E-state index contributed by atoms with van der Waals surface area (Å²) in [5.74, 6) is 0.0474. The predicted octanol–water partition coefficient (Wildman–Crippen LogP) is 4.70. The van der Waals surface area contributed by atoms with E-state index in [-0.39, 0.29) is 31.0 Å². The van der Waals surface area contributed by atoms with Crippen molar-refractivity contribution < 1.29 is 14.3 Å². The summed E-state index contributed by atoms with van der Waals surface area (Å²) < 4.78 is 5.59. The second kappa shape index (κ2) is 11.1. The molecule has 0 bridgehead atoms. The van der Waals surface area contributed by atoms with Crippen LogP contribution in [0.5, 0.6) is 5.75 Å². The Hall–Kier alpha value is -2.24. The van der Waals surface area contributed by atoms with Crippen LogP contribution in [0.1, 0.15) is 32.8 Å². The van der Waals surface area contributed by atoms with E-state index in [0.29, 0.717) is 21.4 Å². The van der Waals surface area contributed by atoms with Gasteiger partial charge < -0.3 is 15.0 Å². The van der Waals surface area contributed by atoms with Gasteiger partial charge in [-0.15, -0.1) is 0 Å². The molecule has 7 heteroatoms. The normalized spacial score (nSPS) is 12.7. The molecule has 0 saturated heterocycles. The van der Waals surface area contributed by atoms with Gasteiger partial charge in [-0.05, 0) is 50.1 Å². The predicted molar refractivity (Wildman–Crippen MR) is 116 cm³/mol. The van der Waals surface area contributed by atoms with Gasteiger partial charge in [-0.1, -0.05) is 54.4 Å². The number of benzene rings is 2. The molecule has 0 fully saturated rings. The smallest absolute Gasteiger partial charge is 0.261 e. The molecule has 0 saturated carbocycles. The SMILES string of the molecule is CC[C@H](C)NC(=O)[C@@H](C)N(Cc1ccc(Cl)cc1Cl)C(=O)COc1ccccc1. The largest absolute Gasteiger partial charge is 0.484 e. The van der Waals surface area contributed by atoms with Gasteiger partial charge in [-0.3, -0.25) is 9.59 Å². The average molecular weight is 437 g/mol. The van der Waals surface area contributed by atoms with Crippen molar-refractivity contribution in [3.8, 4) is 5.75 Å². The van der Waals surface area contributed by atoms with Crippen molar-refractivity contribution in [1.82, 2.24) is 10.2 Å². The number of nitrogens with one attached hydrogen (secondary N) is 1. The first-order chi connectivity index (χ1) is 13.8. The van der Waals surface area contributed by atoms with E-state index < -0.39 is 6.04 Å². The molecule has 29 heavy (non-hydrogen) atoms. The molecule has 2 atom stereocenters. The van der Waals surface area contributed by atoms with E-state index in [1.54, 1.807) is 37.3 Å². The Balaban J connectivity index is 2.18. The van der Waals surface area contributed by atoms with Gasteiger partial charge in [0.1, 0.15) is 11.8 Å². The van der Waals surface area contributed by atoms with Crippen LogP contribution < -0.4 is 10.1 Å². The minimum Gasteiger partial charge on any atom is -0.484 e. The van der Waals surface area contributed by atoms with Gasteiger partial charge in [0.15, 0.2) is 6.61 Å². The summed E-state index contributed by atoms with van der Waals surface area (Å²) in [5.41, 5.74) is 0.701. The van der Waals surface area contributed by atoms with Gasteiger partial charge >= 0.3 is 0 Å². The first-order valence-electron chi connectivity index (χ1n) is 9.53. The van der Waals surface area contributed by atoms with Crippen LogP contribution in [-0.2, 0) is 16.1 Å². The zero-order chi connectivity index (χ0) is 21.4. The number of nitrogens with zero attached hydrogens (tertiary/aromatic N) is 1. The number of amides is 2. The molecule has 2 rings (SSSR count). The number of carbonyl (C=O) groups excluding carboxylic acids is 2. The minimum absolute atomic E-state index is 0.0154. The van der Waals surface area contributed by atoms with Crippen LogP contribution in [0.25, 0.3) is 0 Å². The van der Waals surface area contributed by atoms with E-state index in [1.165, 1.54) is 4.90 Å². The lowest BCUT2D eigenvalue weighted by molar-refractivity contribution is -0.142. The van der Waals surface area contributed by atoms with E-state index in [4.69, 9.17) is 27.9 Å². The van der Waals surface area contributed by atoms with Gasteiger partial charge in [-0.2, -0.15) is 0 Å². The zero-order valence-corrected chi connectivity index (χ0v) is 18.3. The number of halogens is 2. The Labute approximate surface area is 181 Å². The first-order valence-corrected chi connectivity index (χ1v) is 10.3. The molecule has 0 unspecified atom stereocenters. The van der Waals surface area contributed by atoms with Crippen LogP contribution in [0.4, 0.5) is 0 Å². The lowest BCUT2D eigenvalue weighted by atomic mass is 10.1. The van der Waals surface area contributed by atoms with E-state index in [9.17, 15) is 9.59 Å². The third kappa shape index (κ3) is 6.94. The van der Waals surface area contributed by atoms with Crippen molar-refractivity contribution >= 4 is 35.0 Å². The third-order valence-corrected chi connectivity index (χ3v) is 5.22. The lowest BCUT2D eigenvalue weighted by Gasteiger charge is -2.30. The summed E-state index contributed by atoms with van der Waals surface area (Å²) in [7, 11) is 0. The number of hydrogen-bond acceptors (Lipinski definition) is 3. The highest BCUT2D eigenvalue weighted by molar-refractivity contribution is 6.35. The molecule has 0 aliphatic carbocycles. The van der Waals surface area contributed by atoms with Crippen LogP contribution in [0.3, 0.4) is 0 Å². The third-order valence-electron chi connectivity index (χ3n) is 4.63. The van der Waals surface area contributed by atoms with Crippen molar-refractivity contribution in [2.75, 3.05) is 6.61 Å². The molecule has 5 nitrogen and oxygen atoms in total. The fourth-order valence-corrected chi connectivity index (χ4v) is 3.09. The second-order valence-electron chi connectivity index (χ2n) is 6.85. The van der Waals surface area contributed by atoms with Gasteiger partial charge in [-0.25, -0.2) is 0 Å². The zero-order valence-electron chi connectivity index (χ0n) is 16.8. The maximum Gasteiger partial charge on any atom is 0.261 e. The highest BCUT2D eigenvalue weighted by Gasteiger charge is 2.27. The Bertz CT molecular complexity index is 830. The fourth-order valence-electron chi connectivity index (χ4n) is 2.63. The molecular weight excluding hydrogens is 411 g/mol. The quantitative estimate of drug-likeness (QED) is 0.619. The van der Waals surface area contributed by atoms with Crippen molar-refractivity contribution in [2.24, 2.45) is 0 Å². The summed E-state index contributed by atoms with van der Waals surface area (Å²) in [5, 5.41) is 3.87. The molecular formula is C22H26Cl2N2O3. The average Bonchev–Trinajstić information content (AvgIpc) is 2.71. The summed E-state index contributed by atoms with van der Waals surface area (Å²) in [6, 6.07) is 13.5. The topological polar surface area (TPSA) is 58.6 Å². The van der Waals surface area contributed by atoms with Crippen LogP contribution >= 0.6 is 23.2 Å². The van der Waals surface area contributed by atoms with Crippen molar-refractivity contribution in [3.63, 3.8) is 0 Å². The molecule has 0 aliphatic heterocycles. The van der Waals surface area contributed by atoms with Crippen LogP contribution in [-0.4, -0.2) is 35.4 Å². The van der Waals surface area contributed by atoms with Gasteiger partial charge in [0, 0.05) is 22.6 Å². The fraction of sp³-hybridized carbons (Fsp3) is 0.364. The van der Waals surface area contributed by atoms with Crippen molar-refractivity contribution in [3.05, 3.63) is 64.1 Å². The van der Waals surface area contributed by atoms with E-state index in [1.807, 2.05) is 32.0 Å². The summed E-state index contributed by atoms with van der Waals surface area (Å²) >= 11 is 12.3. The number of para-hydroxylation sites is 1. The Morgan fingerprint density at radius 3 is 2.41 bits per heavy atom. The maximum atomic E-state index is 13.0. The summed E-state index contributed by atoms with van der Waals surface area (Å²) in [6.45, 7) is 5.59. The molecule has 2 aromatic carbocycles. The molecule has 0 heterocycles. The van der Waals surface area contributed by atoms with Crippen molar-refractivity contribution in [2.45, 2.75) is 45.8 Å². The van der Waals surface area contributed by atoms with Crippen LogP contribution in [0.2, 0.25) is 10.0 Å². The van der Waals surface area contributed by atoms with Gasteiger partial charge in [0.25, 0.3) is 5.91 Å². The molecule has 0 radical (unpaired) electrons. The molecule has 2 aromatic rings. The molecule has 0 aliphatic rings. The lowest BCUT2D eigenvalue weighted by Crippen LogP contribution is -2.50. The number of hydrogen-bond donors (Lipinski definition) is 1. The highest BCUT2D eigenvalue weighted by atomic mass is 35.5. The summed E-state index contributed by atoms with van der Waals surface area (Å²) in [6.07, 6.45) is 0.798. The van der Waals surface area contributed by atoms with Crippen LogP contribution in [0, 0.1) is 0 Å². The summed E-state index contributed by atoms with van der Waals surface area (Å²) in [4.78, 5) is 27.1. The Morgan fingerprint density at radius 1 is 1.10 bits per heavy atom. The Morgan fingerprint density at radius 2 is 1.79 bits per heavy atom. The molecule has 0 spiro atoms. The van der Waals surface area contributed by atoms with Crippen molar-refractivity contribution in [1.29, 1.82) is 0 Å². The highest BCUT2D eigenvalue weighted by Crippen LogP contribution is 2.23. The minimum atomic E-state index is -0.692. The van der Waals surface area contributed by atoms with E-state index >= 15 is 0 Å². The monoisotopic (exact) mass is 436 g/mol. The molecule has 0 aromatic heterocycles.